The molecule has 0 aromatic carbocycles. The largest absolute Gasteiger partial charge is 0.0917 e. The van der Waals surface area contributed by atoms with Gasteiger partial charge in [-0.05, 0) is 44.4 Å². The van der Waals surface area contributed by atoms with Crippen LogP contribution in [0.4, 0.5) is 0 Å². The quantitative estimate of drug-likeness (QED) is 0.424. The fraction of sp³-hybridized carbons (Fsp3) is 0.750. The van der Waals surface area contributed by atoms with Crippen LogP contribution in [0.25, 0.3) is 0 Å². The Morgan fingerprint density at radius 2 is 2.00 bits per heavy atom. The molecule has 0 heterocycles. The average Bonchev–Trinajstić information content (AvgIpc) is 1.98. The van der Waals surface area contributed by atoms with Crippen molar-refractivity contribution in [3.63, 3.8) is 0 Å². The van der Waals surface area contributed by atoms with Crippen LogP contribution in [0.5, 0.6) is 0 Å². The summed E-state index contributed by atoms with van der Waals surface area (Å²) < 4.78 is 0. The van der Waals surface area contributed by atoms with Crippen LogP contribution in [0.3, 0.4) is 0 Å². The fourth-order valence-electron chi connectivity index (χ4n) is 1.09. The van der Waals surface area contributed by atoms with Gasteiger partial charge in [0.2, 0.25) is 0 Å². The van der Waals surface area contributed by atoms with Crippen LogP contribution >= 0.6 is 0 Å². The third kappa shape index (κ3) is 4.58. The normalized spacial score (nSPS) is 13.2. The van der Waals surface area contributed by atoms with Crippen molar-refractivity contribution >= 4 is 0 Å². The summed E-state index contributed by atoms with van der Waals surface area (Å²) in [5, 5.41) is 0. The Morgan fingerprint density at radius 3 is 2.42 bits per heavy atom. The van der Waals surface area contributed by atoms with E-state index in [0.717, 1.165) is 0 Å². The monoisotopic (exact) mass is 167 g/mol. The lowest BCUT2D eigenvalue weighted by Crippen LogP contribution is -2.18. The molecule has 12 heavy (non-hydrogen) atoms. The summed E-state index contributed by atoms with van der Waals surface area (Å²) in [5.74, 6) is 0.545. The van der Waals surface area contributed by atoms with E-state index in [1.807, 2.05) is 0 Å². The first-order chi connectivity index (χ1) is 5.50. The van der Waals surface area contributed by atoms with Crippen molar-refractivity contribution in [3.8, 4) is 0 Å². The zero-order valence-electron chi connectivity index (χ0n) is 9.06. The Balaban J connectivity index is 3.61. The van der Waals surface area contributed by atoms with Crippen molar-refractivity contribution < 1.29 is 0 Å². The molecule has 0 rings (SSSR count). The molecule has 1 atom stereocenters. The van der Waals surface area contributed by atoms with Crippen LogP contribution in [0.1, 0.15) is 47.0 Å². The van der Waals surface area contributed by atoms with Gasteiger partial charge in [-0.3, -0.25) is 0 Å². The topological polar surface area (TPSA) is 0 Å². The molecular formula is C12H23. The number of allylic oxidation sites excluding steroid dienone is 2. The van der Waals surface area contributed by atoms with E-state index < -0.39 is 0 Å². The standard InChI is InChI=1S/C12H23/c1-6-7-8-9-10-12(4,5)11(2)3/h6-7,11H,2,8-10H2,1,3-5H3/b7-6+. The van der Waals surface area contributed by atoms with Crippen LogP contribution in [0.2, 0.25) is 0 Å². The lowest BCUT2D eigenvalue weighted by molar-refractivity contribution is 0.246. The number of unbranched alkanes of at least 4 members (excludes halogenated alkanes) is 1. The minimum Gasteiger partial charge on any atom is -0.0917 e. The van der Waals surface area contributed by atoms with Gasteiger partial charge in [0.25, 0.3) is 0 Å². The van der Waals surface area contributed by atoms with Gasteiger partial charge < -0.3 is 0 Å². The number of hydrogen-bond donors (Lipinski definition) is 0. The summed E-state index contributed by atoms with van der Waals surface area (Å²) in [5.41, 5.74) is 0.404. The maximum atomic E-state index is 4.09. The Bertz CT molecular complexity index is 129. The van der Waals surface area contributed by atoms with Crippen molar-refractivity contribution in [2.45, 2.75) is 47.0 Å². The Labute approximate surface area is 78.1 Å². The van der Waals surface area contributed by atoms with Crippen LogP contribution in [-0.4, -0.2) is 0 Å². The molecule has 0 aliphatic heterocycles. The van der Waals surface area contributed by atoms with Crippen LogP contribution in [0, 0.1) is 18.3 Å². The predicted molar refractivity (Wildman–Crippen MR) is 57.0 cm³/mol. The first-order valence-electron chi connectivity index (χ1n) is 4.95. The Morgan fingerprint density at radius 1 is 1.42 bits per heavy atom. The molecule has 0 spiro atoms. The van der Waals surface area contributed by atoms with Gasteiger partial charge in [0.05, 0.1) is 0 Å². The van der Waals surface area contributed by atoms with E-state index in [9.17, 15) is 0 Å². The second-order valence-corrected chi connectivity index (χ2v) is 4.35. The molecule has 1 radical (unpaired) electrons. The van der Waals surface area contributed by atoms with Crippen molar-refractivity contribution in [1.82, 2.24) is 0 Å². The smallest absolute Gasteiger partial charge is 0.0328 e. The van der Waals surface area contributed by atoms with Gasteiger partial charge in [0.1, 0.15) is 0 Å². The maximum absolute atomic E-state index is 4.09. The van der Waals surface area contributed by atoms with Gasteiger partial charge >= 0.3 is 0 Å². The fourth-order valence-corrected chi connectivity index (χ4v) is 1.09. The summed E-state index contributed by atoms with van der Waals surface area (Å²) in [6, 6.07) is 0. The minimum atomic E-state index is 0.404. The first-order valence-corrected chi connectivity index (χ1v) is 4.95. The molecule has 0 N–H and O–H groups in total. The van der Waals surface area contributed by atoms with Crippen molar-refractivity contribution in [1.29, 1.82) is 0 Å². The molecule has 0 saturated heterocycles. The zero-order valence-corrected chi connectivity index (χ0v) is 9.06. The van der Waals surface area contributed by atoms with Crippen LogP contribution in [-0.2, 0) is 0 Å². The molecule has 0 saturated carbocycles. The maximum Gasteiger partial charge on any atom is -0.0328 e. The van der Waals surface area contributed by atoms with E-state index in [-0.39, 0.29) is 0 Å². The summed E-state index contributed by atoms with van der Waals surface area (Å²) in [6.07, 6.45) is 8.15. The summed E-state index contributed by atoms with van der Waals surface area (Å²) in [6.45, 7) is 13.0. The van der Waals surface area contributed by atoms with Crippen molar-refractivity contribution in [3.05, 3.63) is 19.1 Å². The molecule has 0 aliphatic carbocycles. The highest BCUT2D eigenvalue weighted by Crippen LogP contribution is 2.31. The highest BCUT2D eigenvalue weighted by Gasteiger charge is 2.20. The number of hydrogen-bond acceptors (Lipinski definition) is 0. The van der Waals surface area contributed by atoms with E-state index in [0.29, 0.717) is 11.3 Å². The molecule has 0 fully saturated rings. The van der Waals surface area contributed by atoms with Gasteiger partial charge in [0.15, 0.2) is 0 Å². The Kier molecular flexibility index (Phi) is 5.28. The van der Waals surface area contributed by atoms with Crippen LogP contribution < -0.4 is 0 Å². The lowest BCUT2D eigenvalue weighted by atomic mass is 9.77. The highest BCUT2D eigenvalue weighted by molar-refractivity contribution is 4.80. The number of rotatable bonds is 5. The summed E-state index contributed by atoms with van der Waals surface area (Å²) in [7, 11) is 0. The molecule has 0 bridgehead atoms. The molecule has 0 aliphatic rings. The van der Waals surface area contributed by atoms with Gasteiger partial charge in [-0.25, -0.2) is 0 Å². The van der Waals surface area contributed by atoms with Crippen molar-refractivity contribution in [2.24, 2.45) is 11.3 Å². The lowest BCUT2D eigenvalue weighted by Gasteiger charge is -2.28. The molecule has 0 heteroatoms. The van der Waals surface area contributed by atoms with E-state index in [1.54, 1.807) is 0 Å². The molecule has 0 aromatic rings. The molecule has 0 aromatic heterocycles. The first kappa shape index (κ1) is 11.7. The molecule has 1 unspecified atom stereocenters. The van der Waals surface area contributed by atoms with E-state index in [1.165, 1.54) is 19.3 Å². The summed E-state index contributed by atoms with van der Waals surface area (Å²) >= 11 is 0. The van der Waals surface area contributed by atoms with Gasteiger partial charge in [-0.1, -0.05) is 32.9 Å². The van der Waals surface area contributed by atoms with Crippen molar-refractivity contribution in [2.75, 3.05) is 0 Å². The third-order valence-electron chi connectivity index (χ3n) is 2.76. The van der Waals surface area contributed by atoms with E-state index in [2.05, 4.69) is 46.8 Å². The SMILES string of the molecule is [CH2]C(C)C(C)(C)CCC/C=C/C. The average molecular weight is 167 g/mol. The van der Waals surface area contributed by atoms with E-state index >= 15 is 0 Å². The molecule has 0 amide bonds. The zero-order chi connectivity index (χ0) is 9.61. The minimum absolute atomic E-state index is 0.404. The second-order valence-electron chi connectivity index (χ2n) is 4.35. The van der Waals surface area contributed by atoms with E-state index in [4.69, 9.17) is 0 Å². The predicted octanol–water partition coefficient (Wildman–Crippen LogP) is 4.23. The van der Waals surface area contributed by atoms with Gasteiger partial charge in [0, 0.05) is 0 Å². The van der Waals surface area contributed by atoms with Crippen LogP contribution in [0.15, 0.2) is 12.2 Å². The highest BCUT2D eigenvalue weighted by atomic mass is 14.3. The second kappa shape index (κ2) is 5.40. The summed E-state index contributed by atoms with van der Waals surface area (Å²) in [4.78, 5) is 0. The Hall–Kier alpha value is -0.260. The van der Waals surface area contributed by atoms with Gasteiger partial charge in [-0.2, -0.15) is 0 Å². The third-order valence-corrected chi connectivity index (χ3v) is 2.76. The van der Waals surface area contributed by atoms with Gasteiger partial charge in [-0.15, -0.1) is 0 Å². The molecule has 71 valence electrons. The molecular weight excluding hydrogens is 144 g/mol. The molecule has 0 nitrogen and oxygen atoms in total.